The molecule has 0 aromatic heterocycles. The third-order valence-electron chi connectivity index (χ3n) is 3.63. The van der Waals surface area contributed by atoms with Crippen LogP contribution in [-0.2, 0) is 6.42 Å². The second-order valence-electron chi connectivity index (χ2n) is 5.30. The molecule has 2 nitrogen and oxygen atoms in total. The molecule has 112 valence electrons. The van der Waals surface area contributed by atoms with Crippen LogP contribution >= 0.6 is 11.6 Å². The largest absolute Gasteiger partial charge is 0.496 e. The van der Waals surface area contributed by atoms with E-state index in [4.69, 9.17) is 16.3 Å². The second kappa shape index (κ2) is 7.48. The lowest BCUT2D eigenvalue weighted by Crippen LogP contribution is -2.22. The molecule has 0 aliphatic carbocycles. The lowest BCUT2D eigenvalue weighted by molar-refractivity contribution is 0.401. The first kappa shape index (κ1) is 15.9. The van der Waals surface area contributed by atoms with Crippen molar-refractivity contribution < 1.29 is 4.74 Å². The molecule has 1 atom stereocenters. The molecule has 2 aromatic rings. The van der Waals surface area contributed by atoms with Crippen molar-refractivity contribution in [1.29, 1.82) is 0 Å². The highest BCUT2D eigenvalue weighted by Crippen LogP contribution is 2.25. The van der Waals surface area contributed by atoms with Crippen molar-refractivity contribution in [1.82, 2.24) is 5.32 Å². The minimum Gasteiger partial charge on any atom is -0.496 e. The van der Waals surface area contributed by atoms with Crippen molar-refractivity contribution >= 4 is 11.6 Å². The normalized spacial score (nSPS) is 12.2. The minimum atomic E-state index is 0.257. The molecule has 3 heteroatoms. The van der Waals surface area contributed by atoms with Crippen LogP contribution < -0.4 is 10.1 Å². The van der Waals surface area contributed by atoms with Crippen LogP contribution in [0.2, 0.25) is 5.02 Å². The molecule has 0 radical (unpaired) electrons. The first-order valence-electron chi connectivity index (χ1n) is 7.22. The van der Waals surface area contributed by atoms with Crippen LogP contribution in [0.25, 0.3) is 0 Å². The number of hydrogen-bond acceptors (Lipinski definition) is 2. The molecule has 1 N–H and O–H groups in total. The van der Waals surface area contributed by atoms with Gasteiger partial charge in [0.15, 0.2) is 0 Å². The fraction of sp³-hybridized carbons (Fsp3) is 0.333. The van der Waals surface area contributed by atoms with E-state index < -0.39 is 0 Å². The topological polar surface area (TPSA) is 21.3 Å². The molecule has 0 heterocycles. The maximum Gasteiger partial charge on any atom is 0.123 e. The molecular weight excluding hydrogens is 282 g/mol. The Morgan fingerprint density at radius 1 is 1.14 bits per heavy atom. The quantitative estimate of drug-likeness (QED) is 0.845. The zero-order chi connectivity index (χ0) is 15.2. The van der Waals surface area contributed by atoms with Crippen LogP contribution in [0.5, 0.6) is 5.75 Å². The highest BCUT2D eigenvalue weighted by atomic mass is 35.5. The molecule has 0 aliphatic heterocycles. The predicted octanol–water partition coefficient (Wildman–Crippen LogP) is 4.55. The summed E-state index contributed by atoms with van der Waals surface area (Å²) in [5, 5.41) is 4.33. The molecule has 0 aliphatic rings. The van der Waals surface area contributed by atoms with Gasteiger partial charge >= 0.3 is 0 Å². The van der Waals surface area contributed by atoms with E-state index >= 15 is 0 Å². The zero-order valence-corrected chi connectivity index (χ0v) is 13.6. The third-order valence-corrected chi connectivity index (χ3v) is 3.88. The summed E-state index contributed by atoms with van der Waals surface area (Å²) >= 11 is 5.89. The van der Waals surface area contributed by atoms with Crippen LogP contribution in [0.3, 0.4) is 0 Å². The predicted molar refractivity (Wildman–Crippen MR) is 89.3 cm³/mol. The standard InChI is InChI=1S/C18H22ClNO/c1-13-4-9-18(21-3)17(12-13)14(2)20-11-10-15-5-7-16(19)8-6-15/h4-9,12,14,20H,10-11H2,1-3H3. The van der Waals surface area contributed by atoms with Crippen LogP contribution in [0.4, 0.5) is 0 Å². The lowest BCUT2D eigenvalue weighted by atomic mass is 10.0. The van der Waals surface area contributed by atoms with Gasteiger partial charge in [-0.1, -0.05) is 41.4 Å². The van der Waals surface area contributed by atoms with Gasteiger partial charge in [-0.3, -0.25) is 0 Å². The Bertz CT molecular complexity index is 580. The summed E-state index contributed by atoms with van der Waals surface area (Å²) in [4.78, 5) is 0. The fourth-order valence-electron chi connectivity index (χ4n) is 2.39. The number of benzene rings is 2. The second-order valence-corrected chi connectivity index (χ2v) is 5.73. The summed E-state index contributed by atoms with van der Waals surface area (Å²) in [6.45, 7) is 5.18. The average molecular weight is 304 g/mol. The monoisotopic (exact) mass is 303 g/mol. The van der Waals surface area contributed by atoms with Gasteiger partial charge in [0.1, 0.15) is 5.75 Å². The average Bonchev–Trinajstić information content (AvgIpc) is 2.49. The first-order chi connectivity index (χ1) is 10.1. The van der Waals surface area contributed by atoms with Crippen LogP contribution in [0.15, 0.2) is 42.5 Å². The molecule has 2 aromatic carbocycles. The van der Waals surface area contributed by atoms with E-state index in [0.717, 1.165) is 23.7 Å². The van der Waals surface area contributed by atoms with Crippen molar-refractivity contribution in [2.75, 3.05) is 13.7 Å². The van der Waals surface area contributed by atoms with Gasteiger partial charge < -0.3 is 10.1 Å². The fourth-order valence-corrected chi connectivity index (χ4v) is 2.51. The van der Waals surface area contributed by atoms with Gasteiger partial charge in [0.25, 0.3) is 0 Å². The summed E-state index contributed by atoms with van der Waals surface area (Å²) in [5.41, 5.74) is 3.74. The Balaban J connectivity index is 1.94. The Labute approximate surface area is 132 Å². The molecule has 0 spiro atoms. The van der Waals surface area contributed by atoms with Crippen LogP contribution in [0.1, 0.15) is 29.7 Å². The van der Waals surface area contributed by atoms with E-state index in [1.807, 2.05) is 18.2 Å². The summed E-state index contributed by atoms with van der Waals surface area (Å²) in [6, 6.07) is 14.5. The number of aryl methyl sites for hydroxylation is 1. The molecule has 0 amide bonds. The molecule has 0 fully saturated rings. The van der Waals surface area contributed by atoms with Crippen molar-refractivity contribution in [3.63, 3.8) is 0 Å². The van der Waals surface area contributed by atoms with Crippen molar-refractivity contribution in [2.24, 2.45) is 0 Å². The highest BCUT2D eigenvalue weighted by Gasteiger charge is 2.10. The van der Waals surface area contributed by atoms with Crippen LogP contribution in [-0.4, -0.2) is 13.7 Å². The molecular formula is C18H22ClNO. The Morgan fingerprint density at radius 2 is 1.86 bits per heavy atom. The Hall–Kier alpha value is -1.51. The molecule has 0 bridgehead atoms. The number of hydrogen-bond donors (Lipinski definition) is 1. The summed E-state index contributed by atoms with van der Waals surface area (Å²) in [5.74, 6) is 0.937. The van der Waals surface area contributed by atoms with Gasteiger partial charge in [-0.05, 0) is 50.6 Å². The maximum atomic E-state index is 5.89. The van der Waals surface area contributed by atoms with E-state index in [9.17, 15) is 0 Å². The van der Waals surface area contributed by atoms with Crippen molar-refractivity contribution in [2.45, 2.75) is 26.3 Å². The number of methoxy groups -OCH3 is 1. The van der Waals surface area contributed by atoms with E-state index in [-0.39, 0.29) is 6.04 Å². The summed E-state index contributed by atoms with van der Waals surface area (Å²) < 4.78 is 5.44. The van der Waals surface area contributed by atoms with E-state index in [0.29, 0.717) is 0 Å². The Kier molecular flexibility index (Phi) is 5.66. The number of nitrogens with one attached hydrogen (secondary N) is 1. The van der Waals surface area contributed by atoms with Gasteiger partial charge in [0.05, 0.1) is 7.11 Å². The zero-order valence-electron chi connectivity index (χ0n) is 12.8. The highest BCUT2D eigenvalue weighted by molar-refractivity contribution is 6.30. The number of ether oxygens (including phenoxy) is 1. The molecule has 0 saturated heterocycles. The van der Waals surface area contributed by atoms with E-state index in [1.54, 1.807) is 7.11 Å². The number of rotatable bonds is 6. The summed E-state index contributed by atoms with van der Waals surface area (Å²) in [7, 11) is 1.72. The van der Waals surface area contributed by atoms with Gasteiger partial charge in [-0.15, -0.1) is 0 Å². The van der Waals surface area contributed by atoms with Gasteiger partial charge in [0.2, 0.25) is 0 Å². The van der Waals surface area contributed by atoms with E-state index in [2.05, 4.69) is 43.4 Å². The van der Waals surface area contributed by atoms with E-state index in [1.165, 1.54) is 16.7 Å². The van der Waals surface area contributed by atoms with Crippen molar-refractivity contribution in [3.8, 4) is 5.75 Å². The minimum absolute atomic E-state index is 0.257. The SMILES string of the molecule is COc1ccc(C)cc1C(C)NCCc1ccc(Cl)cc1. The van der Waals surface area contributed by atoms with Gasteiger partial charge in [0, 0.05) is 16.6 Å². The third kappa shape index (κ3) is 4.48. The Morgan fingerprint density at radius 3 is 2.52 bits per heavy atom. The molecule has 0 saturated carbocycles. The molecule has 21 heavy (non-hydrogen) atoms. The van der Waals surface area contributed by atoms with Crippen molar-refractivity contribution in [3.05, 3.63) is 64.2 Å². The lowest BCUT2D eigenvalue weighted by Gasteiger charge is -2.18. The maximum absolute atomic E-state index is 5.89. The molecule has 2 rings (SSSR count). The molecule has 1 unspecified atom stereocenters. The summed E-state index contributed by atoms with van der Waals surface area (Å²) in [6.07, 6.45) is 0.982. The first-order valence-corrected chi connectivity index (χ1v) is 7.60. The van der Waals surface area contributed by atoms with Gasteiger partial charge in [-0.2, -0.15) is 0 Å². The number of halogens is 1. The van der Waals surface area contributed by atoms with Crippen LogP contribution in [0, 0.1) is 6.92 Å². The van der Waals surface area contributed by atoms with Gasteiger partial charge in [-0.25, -0.2) is 0 Å². The smallest absolute Gasteiger partial charge is 0.123 e.